The van der Waals surface area contributed by atoms with Crippen LogP contribution in [0.3, 0.4) is 0 Å². The summed E-state index contributed by atoms with van der Waals surface area (Å²) in [6, 6.07) is 11.5. The lowest BCUT2D eigenvalue weighted by molar-refractivity contribution is -0.119. The molecule has 1 unspecified atom stereocenters. The van der Waals surface area contributed by atoms with Gasteiger partial charge < -0.3 is 15.5 Å². The molecule has 2 aromatic rings. The number of hydrogen-bond acceptors (Lipinski definition) is 3. The van der Waals surface area contributed by atoms with Gasteiger partial charge in [0.25, 0.3) is 5.91 Å². The number of amides is 3. The van der Waals surface area contributed by atoms with Gasteiger partial charge in [0.05, 0.1) is 10.7 Å². The predicted octanol–water partition coefficient (Wildman–Crippen LogP) is 4.17. The number of nitrogens with one attached hydrogen (secondary N) is 2. The molecular weight excluding hydrogens is 402 g/mol. The zero-order valence-corrected chi connectivity index (χ0v) is 18.1. The molecule has 0 radical (unpaired) electrons. The van der Waals surface area contributed by atoms with E-state index in [-0.39, 0.29) is 23.6 Å². The highest BCUT2D eigenvalue weighted by molar-refractivity contribution is 6.34. The first kappa shape index (κ1) is 21.8. The lowest BCUT2D eigenvalue weighted by Gasteiger charge is -2.23. The Hall–Kier alpha value is -2.86. The van der Waals surface area contributed by atoms with Crippen molar-refractivity contribution in [2.24, 2.45) is 5.92 Å². The molecule has 0 spiro atoms. The van der Waals surface area contributed by atoms with Gasteiger partial charge >= 0.3 is 0 Å². The molecule has 0 saturated carbocycles. The second-order valence-corrected chi connectivity index (χ2v) is 8.27. The normalized spacial score (nSPS) is 14.7. The van der Waals surface area contributed by atoms with Gasteiger partial charge in [-0.05, 0) is 49.6 Å². The van der Waals surface area contributed by atoms with Gasteiger partial charge in [0, 0.05) is 24.2 Å². The van der Waals surface area contributed by atoms with Gasteiger partial charge in [0.15, 0.2) is 0 Å². The smallest absolute Gasteiger partial charge is 0.251 e. The second kappa shape index (κ2) is 9.30. The average molecular weight is 428 g/mol. The first-order chi connectivity index (χ1) is 14.3. The summed E-state index contributed by atoms with van der Waals surface area (Å²) in [6.07, 6.45) is 1.33. The third-order valence-corrected chi connectivity index (χ3v) is 5.47. The summed E-state index contributed by atoms with van der Waals surface area (Å²) >= 11 is 6.28. The molecule has 6 nitrogen and oxygen atoms in total. The molecule has 0 aliphatic carbocycles. The van der Waals surface area contributed by atoms with Crippen LogP contribution < -0.4 is 15.5 Å². The van der Waals surface area contributed by atoms with Crippen molar-refractivity contribution in [2.75, 3.05) is 16.8 Å². The van der Waals surface area contributed by atoms with E-state index in [0.717, 1.165) is 12.0 Å². The molecule has 1 aliphatic rings. The lowest BCUT2D eigenvalue weighted by atomic mass is 10.0. The number of rotatable bonds is 6. The molecule has 2 N–H and O–H groups in total. The molecule has 3 amide bonds. The quantitative estimate of drug-likeness (QED) is 0.726. The van der Waals surface area contributed by atoms with E-state index in [2.05, 4.69) is 10.6 Å². The fourth-order valence-corrected chi connectivity index (χ4v) is 3.54. The minimum atomic E-state index is -0.744. The van der Waals surface area contributed by atoms with Gasteiger partial charge in [-0.15, -0.1) is 0 Å². The lowest BCUT2D eigenvalue weighted by Crippen LogP contribution is -2.47. The van der Waals surface area contributed by atoms with E-state index in [1.165, 1.54) is 0 Å². The SMILES string of the molecule is Cc1ccc(C(=O)NC(C(=O)Nc2cc(N3CCCC3=O)ccc2Cl)C(C)C)cc1. The third-order valence-electron chi connectivity index (χ3n) is 5.14. The Balaban J connectivity index is 1.75. The summed E-state index contributed by atoms with van der Waals surface area (Å²) in [6.45, 7) is 6.32. The van der Waals surface area contributed by atoms with Crippen molar-refractivity contribution in [3.05, 3.63) is 58.6 Å². The van der Waals surface area contributed by atoms with Crippen LogP contribution in [0.4, 0.5) is 11.4 Å². The van der Waals surface area contributed by atoms with Crippen LogP contribution in [0.2, 0.25) is 5.02 Å². The monoisotopic (exact) mass is 427 g/mol. The Morgan fingerprint density at radius 1 is 1.10 bits per heavy atom. The molecule has 158 valence electrons. The fourth-order valence-electron chi connectivity index (χ4n) is 3.37. The van der Waals surface area contributed by atoms with Gasteiger partial charge in [0.1, 0.15) is 6.04 Å². The van der Waals surface area contributed by atoms with Crippen molar-refractivity contribution < 1.29 is 14.4 Å². The number of hydrogen-bond donors (Lipinski definition) is 2. The largest absolute Gasteiger partial charge is 0.340 e. The van der Waals surface area contributed by atoms with Gasteiger partial charge in [0.2, 0.25) is 11.8 Å². The van der Waals surface area contributed by atoms with Crippen molar-refractivity contribution in [3.8, 4) is 0 Å². The van der Waals surface area contributed by atoms with Crippen LogP contribution in [0, 0.1) is 12.8 Å². The highest BCUT2D eigenvalue weighted by Gasteiger charge is 2.26. The average Bonchev–Trinajstić information content (AvgIpc) is 3.13. The van der Waals surface area contributed by atoms with Gasteiger partial charge in [-0.2, -0.15) is 0 Å². The summed E-state index contributed by atoms with van der Waals surface area (Å²) in [4.78, 5) is 39.3. The molecule has 1 heterocycles. The van der Waals surface area contributed by atoms with E-state index in [1.54, 1.807) is 35.2 Å². The van der Waals surface area contributed by atoms with Crippen molar-refractivity contribution in [2.45, 2.75) is 39.7 Å². The first-order valence-electron chi connectivity index (χ1n) is 10.0. The molecule has 7 heteroatoms. The Morgan fingerprint density at radius 2 is 1.80 bits per heavy atom. The van der Waals surface area contributed by atoms with Crippen LogP contribution in [0.25, 0.3) is 0 Å². The number of nitrogens with zero attached hydrogens (tertiary/aromatic N) is 1. The van der Waals surface area contributed by atoms with Gasteiger partial charge in [-0.25, -0.2) is 0 Å². The first-order valence-corrected chi connectivity index (χ1v) is 10.4. The van der Waals surface area contributed by atoms with E-state index < -0.39 is 6.04 Å². The molecule has 3 rings (SSSR count). The zero-order chi connectivity index (χ0) is 21.8. The van der Waals surface area contributed by atoms with E-state index in [0.29, 0.717) is 34.9 Å². The Morgan fingerprint density at radius 3 is 2.40 bits per heavy atom. The Bertz CT molecular complexity index is 957. The molecule has 0 aromatic heterocycles. The van der Waals surface area contributed by atoms with Crippen molar-refractivity contribution in [1.29, 1.82) is 0 Å². The van der Waals surface area contributed by atoms with Crippen LogP contribution in [-0.2, 0) is 9.59 Å². The summed E-state index contributed by atoms with van der Waals surface area (Å²) < 4.78 is 0. The van der Waals surface area contributed by atoms with Crippen LogP contribution in [0.15, 0.2) is 42.5 Å². The highest BCUT2D eigenvalue weighted by Crippen LogP contribution is 2.30. The van der Waals surface area contributed by atoms with Gasteiger partial charge in [-0.3, -0.25) is 14.4 Å². The van der Waals surface area contributed by atoms with Crippen LogP contribution in [0.1, 0.15) is 42.6 Å². The molecule has 1 saturated heterocycles. The molecule has 0 bridgehead atoms. The summed E-state index contributed by atoms with van der Waals surface area (Å²) in [7, 11) is 0. The fraction of sp³-hybridized carbons (Fsp3) is 0.348. The van der Waals surface area contributed by atoms with Crippen LogP contribution in [-0.4, -0.2) is 30.3 Å². The van der Waals surface area contributed by atoms with Crippen molar-refractivity contribution >= 4 is 40.7 Å². The molecule has 2 aromatic carbocycles. The number of carbonyl (C=O) groups is 3. The maximum Gasteiger partial charge on any atom is 0.251 e. The van der Waals surface area contributed by atoms with E-state index in [4.69, 9.17) is 11.6 Å². The number of anilines is 2. The number of carbonyl (C=O) groups excluding carboxylic acids is 3. The topological polar surface area (TPSA) is 78.5 Å². The zero-order valence-electron chi connectivity index (χ0n) is 17.4. The van der Waals surface area contributed by atoms with Crippen LogP contribution >= 0.6 is 11.6 Å². The summed E-state index contributed by atoms with van der Waals surface area (Å²) in [5, 5.41) is 5.99. The minimum Gasteiger partial charge on any atom is -0.340 e. The molecule has 1 fully saturated rings. The molecule has 1 aliphatic heterocycles. The number of aryl methyl sites for hydroxylation is 1. The second-order valence-electron chi connectivity index (χ2n) is 7.86. The van der Waals surface area contributed by atoms with E-state index in [9.17, 15) is 14.4 Å². The van der Waals surface area contributed by atoms with E-state index >= 15 is 0 Å². The maximum atomic E-state index is 13.0. The van der Waals surface area contributed by atoms with Crippen LogP contribution in [0.5, 0.6) is 0 Å². The minimum absolute atomic E-state index is 0.0556. The number of benzene rings is 2. The molecule has 30 heavy (non-hydrogen) atoms. The maximum absolute atomic E-state index is 13.0. The Kier molecular flexibility index (Phi) is 6.77. The highest BCUT2D eigenvalue weighted by atomic mass is 35.5. The molecule has 1 atom stereocenters. The summed E-state index contributed by atoms with van der Waals surface area (Å²) in [5.74, 6) is -0.759. The number of halogens is 1. The predicted molar refractivity (Wildman–Crippen MR) is 119 cm³/mol. The van der Waals surface area contributed by atoms with Crippen molar-refractivity contribution in [3.63, 3.8) is 0 Å². The standard InChI is InChI=1S/C23H26ClN3O3/c1-14(2)21(26-22(29)16-8-6-15(3)7-9-16)23(30)25-19-13-17(10-11-18(19)24)27-12-4-5-20(27)28/h6-11,13-14,21H,4-5,12H2,1-3H3,(H,25,30)(H,26,29). The molecular formula is C23H26ClN3O3. The van der Waals surface area contributed by atoms with E-state index in [1.807, 2.05) is 32.9 Å². The third kappa shape index (κ3) is 5.00. The van der Waals surface area contributed by atoms with Crippen molar-refractivity contribution in [1.82, 2.24) is 5.32 Å². The van der Waals surface area contributed by atoms with Gasteiger partial charge in [-0.1, -0.05) is 43.1 Å². The summed E-state index contributed by atoms with van der Waals surface area (Å²) in [5.41, 5.74) is 2.65. The Labute approximate surface area is 181 Å².